The SMILES string of the molecule is CN=C(NCc1ccnn1C)NCC(C)Oc1ccccc1C. The molecule has 0 saturated carbocycles. The summed E-state index contributed by atoms with van der Waals surface area (Å²) >= 11 is 0. The highest BCUT2D eigenvalue weighted by Gasteiger charge is 2.07. The van der Waals surface area contributed by atoms with E-state index in [0.717, 1.165) is 23.0 Å². The lowest BCUT2D eigenvalue weighted by molar-refractivity contribution is 0.222. The largest absolute Gasteiger partial charge is 0.489 e. The summed E-state index contributed by atoms with van der Waals surface area (Å²) in [5.41, 5.74) is 2.23. The van der Waals surface area contributed by atoms with Gasteiger partial charge in [0, 0.05) is 20.3 Å². The summed E-state index contributed by atoms with van der Waals surface area (Å²) in [6.45, 7) is 5.42. The summed E-state index contributed by atoms with van der Waals surface area (Å²) in [5.74, 6) is 1.66. The van der Waals surface area contributed by atoms with E-state index in [1.165, 1.54) is 0 Å². The molecule has 0 radical (unpaired) electrons. The number of nitrogens with one attached hydrogen (secondary N) is 2. The summed E-state index contributed by atoms with van der Waals surface area (Å²) in [6.07, 6.45) is 1.82. The van der Waals surface area contributed by atoms with Crippen molar-refractivity contribution in [2.24, 2.45) is 12.0 Å². The number of rotatable bonds is 6. The second-order valence-electron chi connectivity index (χ2n) is 5.45. The van der Waals surface area contributed by atoms with Gasteiger partial charge < -0.3 is 15.4 Å². The quantitative estimate of drug-likeness (QED) is 0.631. The fraction of sp³-hybridized carbons (Fsp3) is 0.412. The van der Waals surface area contributed by atoms with Crippen molar-refractivity contribution in [1.82, 2.24) is 20.4 Å². The number of guanidine groups is 1. The molecule has 2 N–H and O–H groups in total. The molecular weight excluding hydrogens is 290 g/mol. The lowest BCUT2D eigenvalue weighted by Gasteiger charge is -2.18. The molecule has 1 aromatic carbocycles. The summed E-state index contributed by atoms with van der Waals surface area (Å²) in [6, 6.07) is 10.0. The highest BCUT2D eigenvalue weighted by molar-refractivity contribution is 5.79. The van der Waals surface area contributed by atoms with E-state index in [1.54, 1.807) is 13.2 Å². The molecule has 0 spiro atoms. The monoisotopic (exact) mass is 315 g/mol. The number of aryl methyl sites for hydroxylation is 2. The molecule has 0 aliphatic carbocycles. The topological polar surface area (TPSA) is 63.5 Å². The Morgan fingerprint density at radius 2 is 2.09 bits per heavy atom. The Morgan fingerprint density at radius 3 is 2.74 bits per heavy atom. The zero-order chi connectivity index (χ0) is 16.7. The van der Waals surface area contributed by atoms with Crippen molar-refractivity contribution in [3.8, 4) is 5.75 Å². The number of hydrogen-bond acceptors (Lipinski definition) is 3. The normalized spacial score (nSPS) is 12.8. The van der Waals surface area contributed by atoms with Crippen molar-refractivity contribution in [2.75, 3.05) is 13.6 Å². The van der Waals surface area contributed by atoms with Crippen molar-refractivity contribution in [2.45, 2.75) is 26.5 Å². The fourth-order valence-corrected chi connectivity index (χ4v) is 2.16. The van der Waals surface area contributed by atoms with Crippen LogP contribution in [0.3, 0.4) is 0 Å². The van der Waals surface area contributed by atoms with E-state index in [0.29, 0.717) is 13.1 Å². The summed E-state index contributed by atoms with van der Waals surface area (Å²) in [7, 11) is 3.68. The van der Waals surface area contributed by atoms with Gasteiger partial charge in [-0.3, -0.25) is 9.67 Å². The minimum absolute atomic E-state index is 0.0337. The highest BCUT2D eigenvalue weighted by atomic mass is 16.5. The van der Waals surface area contributed by atoms with Crippen LogP contribution in [0.25, 0.3) is 0 Å². The number of aromatic nitrogens is 2. The van der Waals surface area contributed by atoms with E-state index in [-0.39, 0.29) is 6.10 Å². The first-order valence-corrected chi connectivity index (χ1v) is 7.74. The number of aliphatic imine (C=N–C) groups is 1. The van der Waals surface area contributed by atoms with Gasteiger partial charge in [-0.15, -0.1) is 0 Å². The van der Waals surface area contributed by atoms with Gasteiger partial charge in [-0.05, 0) is 31.5 Å². The molecule has 1 unspecified atom stereocenters. The molecule has 0 bridgehead atoms. The third-order valence-corrected chi connectivity index (χ3v) is 3.56. The van der Waals surface area contributed by atoms with E-state index >= 15 is 0 Å². The van der Waals surface area contributed by atoms with Gasteiger partial charge in [0.2, 0.25) is 0 Å². The highest BCUT2D eigenvalue weighted by Crippen LogP contribution is 2.17. The minimum Gasteiger partial charge on any atom is -0.489 e. The van der Waals surface area contributed by atoms with Gasteiger partial charge in [0.15, 0.2) is 5.96 Å². The number of para-hydroxylation sites is 1. The lowest BCUT2D eigenvalue weighted by atomic mass is 10.2. The first kappa shape index (κ1) is 16.9. The molecule has 2 aromatic rings. The Balaban J connectivity index is 1.79. The molecule has 23 heavy (non-hydrogen) atoms. The van der Waals surface area contributed by atoms with Gasteiger partial charge in [-0.1, -0.05) is 18.2 Å². The first-order valence-electron chi connectivity index (χ1n) is 7.74. The molecule has 0 saturated heterocycles. The number of nitrogens with zero attached hydrogens (tertiary/aromatic N) is 3. The second kappa shape index (κ2) is 8.22. The molecule has 6 nitrogen and oxygen atoms in total. The van der Waals surface area contributed by atoms with Gasteiger partial charge >= 0.3 is 0 Å². The fourth-order valence-electron chi connectivity index (χ4n) is 2.16. The maximum absolute atomic E-state index is 5.95. The zero-order valence-electron chi connectivity index (χ0n) is 14.2. The molecule has 1 aromatic heterocycles. The van der Waals surface area contributed by atoms with Crippen LogP contribution in [0.4, 0.5) is 0 Å². The molecule has 124 valence electrons. The molecular formula is C17H25N5O. The average molecular weight is 315 g/mol. The molecule has 0 aliphatic rings. The molecule has 0 amide bonds. The van der Waals surface area contributed by atoms with E-state index in [2.05, 4.69) is 20.7 Å². The Hall–Kier alpha value is -2.50. The molecule has 2 rings (SSSR count). The smallest absolute Gasteiger partial charge is 0.191 e. The van der Waals surface area contributed by atoms with Gasteiger partial charge in [-0.2, -0.15) is 5.10 Å². The molecule has 6 heteroatoms. The predicted octanol–water partition coefficient (Wildman–Crippen LogP) is 1.86. The van der Waals surface area contributed by atoms with Gasteiger partial charge in [0.25, 0.3) is 0 Å². The van der Waals surface area contributed by atoms with E-state index < -0.39 is 0 Å². The zero-order valence-corrected chi connectivity index (χ0v) is 14.2. The van der Waals surface area contributed by atoms with Crippen molar-refractivity contribution in [3.63, 3.8) is 0 Å². The number of hydrogen-bond donors (Lipinski definition) is 2. The lowest BCUT2D eigenvalue weighted by Crippen LogP contribution is -2.41. The first-order chi connectivity index (χ1) is 11.1. The average Bonchev–Trinajstić information content (AvgIpc) is 2.95. The molecule has 0 fully saturated rings. The van der Waals surface area contributed by atoms with E-state index in [1.807, 2.05) is 55.9 Å². The molecule has 1 atom stereocenters. The Kier molecular flexibility index (Phi) is 6.02. The summed E-state index contributed by atoms with van der Waals surface area (Å²) in [4.78, 5) is 4.22. The number of ether oxygens (including phenoxy) is 1. The third-order valence-electron chi connectivity index (χ3n) is 3.56. The molecule has 0 aliphatic heterocycles. The van der Waals surface area contributed by atoms with E-state index in [4.69, 9.17) is 4.74 Å². The second-order valence-corrected chi connectivity index (χ2v) is 5.45. The maximum Gasteiger partial charge on any atom is 0.191 e. The van der Waals surface area contributed by atoms with Crippen LogP contribution in [0.2, 0.25) is 0 Å². The van der Waals surface area contributed by atoms with Crippen molar-refractivity contribution < 1.29 is 4.74 Å². The summed E-state index contributed by atoms with van der Waals surface area (Å²) < 4.78 is 7.79. The van der Waals surface area contributed by atoms with Crippen LogP contribution in [0.15, 0.2) is 41.5 Å². The molecule has 1 heterocycles. The van der Waals surface area contributed by atoms with Crippen LogP contribution in [-0.2, 0) is 13.6 Å². The number of benzene rings is 1. The van der Waals surface area contributed by atoms with Gasteiger partial charge in [0.05, 0.1) is 18.8 Å². The van der Waals surface area contributed by atoms with Crippen LogP contribution in [0, 0.1) is 6.92 Å². The van der Waals surface area contributed by atoms with Gasteiger partial charge in [-0.25, -0.2) is 0 Å². The van der Waals surface area contributed by atoms with Crippen LogP contribution >= 0.6 is 0 Å². The Morgan fingerprint density at radius 1 is 1.30 bits per heavy atom. The van der Waals surface area contributed by atoms with Crippen LogP contribution < -0.4 is 15.4 Å². The van der Waals surface area contributed by atoms with E-state index in [9.17, 15) is 0 Å². The van der Waals surface area contributed by atoms with Crippen LogP contribution in [0.5, 0.6) is 5.75 Å². The van der Waals surface area contributed by atoms with Crippen molar-refractivity contribution >= 4 is 5.96 Å². The predicted molar refractivity (Wildman–Crippen MR) is 92.7 cm³/mol. The summed E-state index contributed by atoms with van der Waals surface area (Å²) in [5, 5.41) is 10.7. The van der Waals surface area contributed by atoms with Crippen molar-refractivity contribution in [1.29, 1.82) is 0 Å². The maximum atomic E-state index is 5.95. The van der Waals surface area contributed by atoms with Crippen molar-refractivity contribution in [3.05, 3.63) is 47.8 Å². The Bertz CT molecular complexity index is 650. The van der Waals surface area contributed by atoms with Gasteiger partial charge in [0.1, 0.15) is 11.9 Å². The standard InChI is InChI=1S/C17H25N5O/c1-13-7-5-6-8-16(13)23-14(2)11-19-17(18-3)20-12-15-9-10-21-22(15)4/h5-10,14H,11-12H2,1-4H3,(H2,18,19,20). The Labute approximate surface area is 137 Å². The van der Waals surface area contributed by atoms with Crippen LogP contribution in [-0.4, -0.2) is 35.4 Å². The minimum atomic E-state index is 0.0337. The third kappa shape index (κ3) is 5.02. The van der Waals surface area contributed by atoms with Crippen LogP contribution in [0.1, 0.15) is 18.2 Å².